The van der Waals surface area contributed by atoms with Crippen LogP contribution in [-0.4, -0.2) is 35.8 Å². The fourth-order valence-corrected chi connectivity index (χ4v) is 0.773. The first-order chi connectivity index (χ1) is 5.61. The van der Waals surface area contributed by atoms with Crippen molar-refractivity contribution in [3.05, 3.63) is 35.4 Å². The number of aromatic carboxylic acids is 2. The van der Waals surface area contributed by atoms with Crippen molar-refractivity contribution < 1.29 is 19.8 Å². The molecule has 0 heterocycles. The van der Waals surface area contributed by atoms with E-state index in [1.165, 1.54) is 18.2 Å². The Morgan fingerprint density at radius 3 is 1.69 bits per heavy atom. The van der Waals surface area contributed by atoms with Crippen LogP contribution in [-0.2, 0) is 0 Å². The second-order valence-corrected chi connectivity index (χ2v) is 2.16. The molecule has 0 saturated heterocycles. The van der Waals surface area contributed by atoms with Gasteiger partial charge in [-0.05, 0) is 17.2 Å². The van der Waals surface area contributed by atoms with Gasteiger partial charge in [0.05, 0.1) is 11.9 Å². The van der Waals surface area contributed by atoms with E-state index >= 15 is 0 Å². The maximum absolute atomic E-state index is 10.3. The molecule has 66 valence electrons. The van der Waals surface area contributed by atoms with E-state index in [1.807, 2.05) is 0 Å². The van der Waals surface area contributed by atoms with Crippen molar-refractivity contribution >= 4 is 35.8 Å². The van der Waals surface area contributed by atoms with Gasteiger partial charge in [0.2, 0.25) is 0 Å². The van der Waals surface area contributed by atoms with Crippen LogP contribution in [0, 0.1) is 0 Å². The Morgan fingerprint density at radius 2 is 1.38 bits per heavy atom. The van der Waals surface area contributed by atoms with Gasteiger partial charge in [-0.25, -0.2) is 0 Å². The van der Waals surface area contributed by atoms with Gasteiger partial charge in [0.1, 0.15) is 0 Å². The van der Waals surface area contributed by atoms with Gasteiger partial charge in [-0.1, -0.05) is 18.2 Å². The second kappa shape index (κ2) is 4.86. The predicted octanol–water partition coefficient (Wildman–Crippen LogP) is -2.50. The molecule has 0 N–H and O–H groups in total. The number of hydrogen-bond donors (Lipinski definition) is 0. The molecule has 1 rings (SSSR count). The van der Waals surface area contributed by atoms with E-state index < -0.39 is 11.9 Å². The topological polar surface area (TPSA) is 80.3 Å². The average molecular weight is 285 g/mol. The average Bonchev–Trinajstić information content (AvgIpc) is 2.04. The number of carboxylic acids is 2. The van der Waals surface area contributed by atoms with Crippen molar-refractivity contribution in [1.82, 2.24) is 0 Å². The molecule has 0 aliphatic carbocycles. The minimum absolute atomic E-state index is 0. The Kier molecular flexibility index (Phi) is 4.47. The van der Waals surface area contributed by atoms with Gasteiger partial charge < -0.3 is 19.8 Å². The summed E-state index contributed by atoms with van der Waals surface area (Å²) in [5, 5.41) is 20.5. The molecule has 0 aromatic heterocycles. The molecule has 0 aliphatic rings. The molecule has 0 unspecified atom stereocenters. The van der Waals surface area contributed by atoms with Gasteiger partial charge in [0.25, 0.3) is 0 Å². The Morgan fingerprint density at radius 1 is 1.00 bits per heavy atom. The third kappa shape index (κ3) is 3.06. The summed E-state index contributed by atoms with van der Waals surface area (Å²) < 4.78 is 0. The van der Waals surface area contributed by atoms with Gasteiger partial charge in [-0.3, -0.25) is 0 Å². The number of carboxylic acid groups (broad SMARTS) is 2. The van der Waals surface area contributed by atoms with Crippen molar-refractivity contribution in [2.24, 2.45) is 0 Å². The summed E-state index contributed by atoms with van der Waals surface area (Å²) in [6.45, 7) is 0. The quantitative estimate of drug-likeness (QED) is 0.562. The zero-order valence-electron chi connectivity index (χ0n) is 6.65. The summed E-state index contributed by atoms with van der Waals surface area (Å²) in [6, 6.07) is 4.81. The molecule has 0 radical (unpaired) electrons. The maximum atomic E-state index is 10.3. The van der Waals surface area contributed by atoms with Gasteiger partial charge >= 0.3 is 23.9 Å². The summed E-state index contributed by atoms with van der Waals surface area (Å²) >= 11 is 0. The fraction of sp³-hybridized carbons (Fsp3) is 0. The molecule has 13 heavy (non-hydrogen) atoms. The SMILES string of the molecule is O=C([O-])c1cccc(C(=O)[O-])c1.[SnH2+2]. The molecule has 0 saturated carbocycles. The molecule has 0 spiro atoms. The standard InChI is InChI=1S/C8H6O4.Sn.2H/c9-7(10)5-2-1-3-6(4-5)8(11)12;;;/h1-4H,(H,9,10)(H,11,12);;;/q;+2;;/p-2. The third-order valence-corrected chi connectivity index (χ3v) is 1.33. The van der Waals surface area contributed by atoms with Crippen LogP contribution in [0.1, 0.15) is 20.7 Å². The molecule has 0 bridgehead atoms. The van der Waals surface area contributed by atoms with Crippen LogP contribution in [0.25, 0.3) is 0 Å². The van der Waals surface area contributed by atoms with Crippen LogP contribution in [0.5, 0.6) is 0 Å². The molecule has 0 amide bonds. The molecule has 1 aromatic rings. The van der Waals surface area contributed by atoms with Crippen LogP contribution in [0.15, 0.2) is 24.3 Å². The summed E-state index contributed by atoms with van der Waals surface area (Å²) in [4.78, 5) is 20.5. The summed E-state index contributed by atoms with van der Waals surface area (Å²) in [6.07, 6.45) is 0. The van der Waals surface area contributed by atoms with Crippen LogP contribution in [0.2, 0.25) is 0 Å². The number of benzene rings is 1. The van der Waals surface area contributed by atoms with Crippen molar-refractivity contribution in [2.45, 2.75) is 0 Å². The fourth-order valence-electron chi connectivity index (χ4n) is 0.773. The minimum atomic E-state index is -1.40. The monoisotopic (exact) mass is 286 g/mol. The van der Waals surface area contributed by atoms with E-state index in [4.69, 9.17) is 0 Å². The first kappa shape index (κ1) is 12.0. The molecular formula is C8H6O4Sn. The van der Waals surface area contributed by atoms with Crippen molar-refractivity contribution in [3.8, 4) is 0 Å². The predicted molar refractivity (Wildman–Crippen MR) is 43.6 cm³/mol. The summed E-state index contributed by atoms with van der Waals surface area (Å²) in [5.41, 5.74) is -0.339. The van der Waals surface area contributed by atoms with E-state index in [0.29, 0.717) is 0 Å². The molecule has 4 nitrogen and oxygen atoms in total. The Balaban J connectivity index is 0.00000144. The molecule has 1 aromatic carbocycles. The Hall–Kier alpha value is -1.04. The molecule has 5 heteroatoms. The number of hydrogen-bond acceptors (Lipinski definition) is 4. The summed E-state index contributed by atoms with van der Waals surface area (Å²) in [7, 11) is 0. The van der Waals surface area contributed by atoms with E-state index in [0.717, 1.165) is 6.07 Å². The second-order valence-electron chi connectivity index (χ2n) is 2.16. The number of rotatable bonds is 2. The molecule has 0 fully saturated rings. The number of carbonyl (C=O) groups is 2. The Bertz CT molecular complexity index is 305. The zero-order valence-corrected chi connectivity index (χ0v) is 10.7. The van der Waals surface area contributed by atoms with E-state index in [2.05, 4.69) is 0 Å². The van der Waals surface area contributed by atoms with Crippen molar-refractivity contribution in [3.63, 3.8) is 0 Å². The number of carbonyl (C=O) groups excluding carboxylic acids is 2. The van der Waals surface area contributed by atoms with Gasteiger partial charge in [0, 0.05) is 0 Å². The van der Waals surface area contributed by atoms with Crippen LogP contribution >= 0.6 is 0 Å². The van der Waals surface area contributed by atoms with Crippen LogP contribution in [0.4, 0.5) is 0 Å². The Labute approximate surface area is 91.2 Å². The normalized spacial score (nSPS) is 8.62. The first-order valence-electron chi connectivity index (χ1n) is 3.14. The molecule has 0 aliphatic heterocycles. The van der Waals surface area contributed by atoms with E-state index in [-0.39, 0.29) is 35.0 Å². The molecular weight excluding hydrogens is 279 g/mol. The summed E-state index contributed by atoms with van der Waals surface area (Å²) in [5.74, 6) is -2.81. The van der Waals surface area contributed by atoms with Crippen molar-refractivity contribution in [2.75, 3.05) is 0 Å². The first-order valence-corrected chi connectivity index (χ1v) is 3.14. The van der Waals surface area contributed by atoms with Crippen LogP contribution < -0.4 is 10.2 Å². The zero-order chi connectivity index (χ0) is 9.14. The molecule has 0 atom stereocenters. The van der Waals surface area contributed by atoms with Crippen LogP contribution in [0.3, 0.4) is 0 Å². The van der Waals surface area contributed by atoms with Gasteiger partial charge in [0.15, 0.2) is 0 Å². The van der Waals surface area contributed by atoms with Gasteiger partial charge in [-0.15, -0.1) is 0 Å². The van der Waals surface area contributed by atoms with Crippen molar-refractivity contribution in [1.29, 1.82) is 0 Å². The van der Waals surface area contributed by atoms with Gasteiger partial charge in [-0.2, -0.15) is 0 Å². The van der Waals surface area contributed by atoms with E-state index in [1.54, 1.807) is 0 Å². The third-order valence-electron chi connectivity index (χ3n) is 1.33. The van der Waals surface area contributed by atoms with E-state index in [9.17, 15) is 19.8 Å².